The highest BCUT2D eigenvalue weighted by molar-refractivity contribution is 5.18. The molecule has 0 amide bonds. The first kappa shape index (κ1) is 10.6. The molecule has 0 aromatic carbocycles. The smallest absolute Gasteiger partial charge is 0.288 e. The van der Waals surface area contributed by atoms with E-state index in [0.717, 1.165) is 0 Å². The van der Waals surface area contributed by atoms with Crippen LogP contribution in [0.1, 0.15) is 6.92 Å². The molecule has 0 aromatic heterocycles. The summed E-state index contributed by atoms with van der Waals surface area (Å²) in [4.78, 5) is 9.95. The highest BCUT2D eigenvalue weighted by Crippen LogP contribution is 2.06. The molecule has 0 heterocycles. The molecule has 5 nitrogen and oxygen atoms in total. The Hall–Kier alpha value is -1.36. The Balaban J connectivity index is 4.61. The average Bonchev–Trinajstić information content (AvgIpc) is 1.98. The Kier molecular flexibility index (Phi) is 3.99. The van der Waals surface area contributed by atoms with Crippen LogP contribution in [0.3, 0.4) is 0 Å². The summed E-state index contributed by atoms with van der Waals surface area (Å²) in [5, 5.41) is 11.9. The van der Waals surface area contributed by atoms with Crippen LogP contribution in [0.15, 0.2) is 24.0 Å². The molecule has 68 valence electrons. The number of nitrogens with one attached hydrogen (secondary N) is 1. The van der Waals surface area contributed by atoms with Crippen molar-refractivity contribution in [3.8, 4) is 0 Å². The van der Waals surface area contributed by atoms with E-state index in [1.165, 1.54) is 11.2 Å². The molecule has 0 rings (SSSR count). The summed E-state index contributed by atoms with van der Waals surface area (Å²) in [6.07, 6.45) is 1.38. The molecule has 0 bridgehead atoms. The van der Waals surface area contributed by atoms with Gasteiger partial charge in [-0.25, -0.2) is 5.43 Å². The molecule has 0 fully saturated rings. The van der Waals surface area contributed by atoms with Crippen molar-refractivity contribution in [1.82, 2.24) is 10.4 Å². The second-order valence-corrected chi connectivity index (χ2v) is 2.39. The fourth-order valence-electron chi connectivity index (χ4n) is 0.561. The zero-order chi connectivity index (χ0) is 9.72. The van der Waals surface area contributed by atoms with Gasteiger partial charge in [-0.1, -0.05) is 6.58 Å². The topological polar surface area (TPSA) is 58.4 Å². The Morgan fingerprint density at radius 1 is 1.75 bits per heavy atom. The van der Waals surface area contributed by atoms with Crippen molar-refractivity contribution in [3.63, 3.8) is 0 Å². The lowest BCUT2D eigenvalue weighted by atomic mass is 10.3. The maximum atomic E-state index is 10.4. The van der Waals surface area contributed by atoms with Gasteiger partial charge in [0.15, 0.2) is 0 Å². The number of hydrogen-bond acceptors (Lipinski definition) is 4. The standard InChI is InChI=1S/C7H13N3O2/c1-6(2)7(10(11)12)5-9(4)8-3/h5,8H,1H2,2-4H3/b7-5+. The normalized spacial score (nSPS) is 11.1. The van der Waals surface area contributed by atoms with E-state index >= 15 is 0 Å². The van der Waals surface area contributed by atoms with E-state index in [9.17, 15) is 10.1 Å². The Morgan fingerprint density at radius 2 is 2.25 bits per heavy atom. The maximum absolute atomic E-state index is 10.4. The second-order valence-electron chi connectivity index (χ2n) is 2.39. The van der Waals surface area contributed by atoms with Crippen molar-refractivity contribution in [3.05, 3.63) is 34.2 Å². The average molecular weight is 171 g/mol. The molecular weight excluding hydrogens is 158 g/mol. The molecule has 0 aromatic rings. The van der Waals surface area contributed by atoms with Gasteiger partial charge >= 0.3 is 0 Å². The van der Waals surface area contributed by atoms with E-state index in [1.54, 1.807) is 21.0 Å². The monoisotopic (exact) mass is 171 g/mol. The minimum atomic E-state index is -0.462. The van der Waals surface area contributed by atoms with Gasteiger partial charge in [-0.15, -0.1) is 0 Å². The second kappa shape index (κ2) is 4.50. The molecule has 12 heavy (non-hydrogen) atoms. The van der Waals surface area contributed by atoms with Crippen LogP contribution in [0, 0.1) is 10.1 Å². The van der Waals surface area contributed by atoms with Crippen molar-refractivity contribution < 1.29 is 4.92 Å². The Bertz CT molecular complexity index is 207. The summed E-state index contributed by atoms with van der Waals surface area (Å²) in [6, 6.07) is 0. The molecule has 0 spiro atoms. The summed E-state index contributed by atoms with van der Waals surface area (Å²) in [7, 11) is 3.35. The largest absolute Gasteiger partial charge is 0.312 e. The van der Waals surface area contributed by atoms with Gasteiger partial charge in [0.1, 0.15) is 0 Å². The van der Waals surface area contributed by atoms with Gasteiger partial charge in [0.25, 0.3) is 5.70 Å². The summed E-state index contributed by atoms with van der Waals surface area (Å²) in [5.74, 6) is 0. The van der Waals surface area contributed by atoms with Crippen molar-refractivity contribution in [1.29, 1.82) is 0 Å². The lowest BCUT2D eigenvalue weighted by molar-refractivity contribution is -0.421. The number of allylic oxidation sites excluding steroid dienone is 1. The van der Waals surface area contributed by atoms with Crippen LogP contribution in [-0.2, 0) is 0 Å². The van der Waals surface area contributed by atoms with Gasteiger partial charge in [0.2, 0.25) is 0 Å². The van der Waals surface area contributed by atoms with E-state index in [4.69, 9.17) is 0 Å². The molecule has 0 aliphatic carbocycles. The first-order chi connectivity index (χ1) is 5.49. The number of nitro groups is 1. The number of hydrazine groups is 1. The van der Waals surface area contributed by atoms with Crippen molar-refractivity contribution in [2.24, 2.45) is 0 Å². The van der Waals surface area contributed by atoms with Gasteiger partial charge < -0.3 is 5.01 Å². The summed E-state index contributed by atoms with van der Waals surface area (Å²) in [6.45, 7) is 5.10. The molecule has 0 aliphatic heterocycles. The van der Waals surface area contributed by atoms with E-state index in [0.29, 0.717) is 5.57 Å². The first-order valence-electron chi connectivity index (χ1n) is 3.41. The van der Waals surface area contributed by atoms with Crippen molar-refractivity contribution >= 4 is 0 Å². The number of hydrogen-bond donors (Lipinski definition) is 1. The third-order valence-corrected chi connectivity index (χ3v) is 1.30. The Labute approximate surface area is 71.5 Å². The van der Waals surface area contributed by atoms with Crippen molar-refractivity contribution in [2.45, 2.75) is 6.92 Å². The van der Waals surface area contributed by atoms with Crippen LogP contribution in [0.2, 0.25) is 0 Å². The molecule has 5 heteroatoms. The third-order valence-electron chi connectivity index (χ3n) is 1.30. The lowest BCUT2D eigenvalue weighted by Gasteiger charge is -2.10. The SMILES string of the molecule is C=C(C)/C(=C\N(C)NC)[N+](=O)[O-]. The number of nitrogens with zero attached hydrogens (tertiary/aromatic N) is 2. The van der Waals surface area contributed by atoms with Crippen LogP contribution in [0.5, 0.6) is 0 Å². The molecule has 0 saturated carbocycles. The van der Waals surface area contributed by atoms with Crippen molar-refractivity contribution in [2.75, 3.05) is 14.1 Å². The highest BCUT2D eigenvalue weighted by Gasteiger charge is 2.11. The van der Waals surface area contributed by atoms with Gasteiger partial charge in [-0.2, -0.15) is 0 Å². The van der Waals surface area contributed by atoms with Crippen LogP contribution in [-0.4, -0.2) is 24.0 Å². The quantitative estimate of drug-likeness (QED) is 0.385. The van der Waals surface area contributed by atoms with E-state index in [1.807, 2.05) is 0 Å². The minimum Gasteiger partial charge on any atom is -0.312 e. The van der Waals surface area contributed by atoms with Crippen LogP contribution in [0.4, 0.5) is 0 Å². The summed E-state index contributed by atoms with van der Waals surface area (Å²) < 4.78 is 0. The zero-order valence-electron chi connectivity index (χ0n) is 7.50. The van der Waals surface area contributed by atoms with E-state index in [2.05, 4.69) is 12.0 Å². The van der Waals surface area contributed by atoms with Gasteiger partial charge in [-0.3, -0.25) is 10.1 Å². The molecule has 1 N–H and O–H groups in total. The predicted octanol–water partition coefficient (Wildman–Crippen LogP) is 0.747. The molecule has 0 radical (unpaired) electrons. The zero-order valence-corrected chi connectivity index (χ0v) is 7.50. The summed E-state index contributed by atoms with van der Waals surface area (Å²) in [5.41, 5.74) is 3.16. The Morgan fingerprint density at radius 3 is 2.50 bits per heavy atom. The van der Waals surface area contributed by atoms with E-state index in [-0.39, 0.29) is 5.70 Å². The van der Waals surface area contributed by atoms with Gasteiger partial charge in [-0.05, 0) is 6.92 Å². The molecule has 0 aliphatic rings. The van der Waals surface area contributed by atoms with Gasteiger partial charge in [0, 0.05) is 19.7 Å². The van der Waals surface area contributed by atoms with Crippen LogP contribution in [0.25, 0.3) is 0 Å². The van der Waals surface area contributed by atoms with Crippen LogP contribution < -0.4 is 5.43 Å². The lowest BCUT2D eigenvalue weighted by Crippen LogP contribution is -2.26. The fraction of sp³-hybridized carbons (Fsp3) is 0.429. The highest BCUT2D eigenvalue weighted by atomic mass is 16.6. The minimum absolute atomic E-state index is 0.00634. The number of rotatable bonds is 4. The maximum Gasteiger partial charge on any atom is 0.288 e. The molecule has 0 saturated heterocycles. The predicted molar refractivity (Wildman–Crippen MR) is 46.7 cm³/mol. The fourth-order valence-corrected chi connectivity index (χ4v) is 0.561. The third kappa shape index (κ3) is 3.16. The molecular formula is C7H13N3O2. The molecule has 0 atom stereocenters. The first-order valence-corrected chi connectivity index (χ1v) is 3.41. The van der Waals surface area contributed by atoms with Crippen LogP contribution >= 0.6 is 0 Å². The summed E-state index contributed by atoms with van der Waals surface area (Å²) >= 11 is 0. The van der Waals surface area contributed by atoms with Gasteiger partial charge in [0.05, 0.1) is 11.1 Å². The van der Waals surface area contributed by atoms with E-state index < -0.39 is 4.92 Å². The molecule has 0 unspecified atom stereocenters.